The number of esters is 2. The van der Waals surface area contributed by atoms with Crippen molar-refractivity contribution >= 4 is 41.4 Å². The molecule has 4 aliphatic rings. The lowest BCUT2D eigenvalue weighted by atomic mass is 9.54. The quantitative estimate of drug-likeness (QED) is 0.117. The van der Waals surface area contributed by atoms with Crippen molar-refractivity contribution in [2.24, 2.45) is 11.8 Å². The Bertz CT molecular complexity index is 2340. The summed E-state index contributed by atoms with van der Waals surface area (Å²) in [5.74, 6) is -7.19. The maximum atomic E-state index is 14.4. The summed E-state index contributed by atoms with van der Waals surface area (Å²) >= 11 is 0. The van der Waals surface area contributed by atoms with Crippen LogP contribution in [0.2, 0.25) is 0 Å². The van der Waals surface area contributed by atoms with Crippen molar-refractivity contribution in [2.45, 2.75) is 25.7 Å². The minimum atomic E-state index is -1.28. The van der Waals surface area contributed by atoms with Crippen molar-refractivity contribution in [2.75, 3.05) is 18.1 Å². The van der Waals surface area contributed by atoms with Gasteiger partial charge in [0.2, 0.25) is 11.8 Å². The molecule has 5 aromatic carbocycles. The van der Waals surface area contributed by atoms with Crippen LogP contribution in [0.4, 0.5) is 5.69 Å². The monoisotopic (exact) mass is 735 g/mol. The second kappa shape index (κ2) is 13.5. The van der Waals surface area contributed by atoms with Crippen molar-refractivity contribution in [1.82, 2.24) is 0 Å². The van der Waals surface area contributed by atoms with Gasteiger partial charge in [-0.15, -0.1) is 0 Å². The Balaban J connectivity index is 1.27. The average Bonchev–Trinajstić information content (AvgIpc) is 3.46. The fraction of sp³-hybridized carbons (Fsp3) is 0.182. The number of hydrogen-bond donors (Lipinski definition) is 2. The highest BCUT2D eigenvalue weighted by Gasteiger charge is 2.62. The van der Waals surface area contributed by atoms with E-state index in [1.54, 1.807) is 50.2 Å². The molecule has 55 heavy (non-hydrogen) atoms. The molecule has 274 valence electrons. The fourth-order valence-electron chi connectivity index (χ4n) is 8.54. The third-order valence-electron chi connectivity index (χ3n) is 10.8. The molecule has 11 nitrogen and oxygen atoms in total. The van der Waals surface area contributed by atoms with Crippen molar-refractivity contribution in [3.05, 3.63) is 148 Å². The Hall–Kier alpha value is -6.88. The van der Waals surface area contributed by atoms with E-state index in [1.807, 2.05) is 42.5 Å². The third-order valence-corrected chi connectivity index (χ3v) is 10.8. The summed E-state index contributed by atoms with van der Waals surface area (Å²) in [6.45, 7) is 3.45. The Morgan fingerprint density at radius 2 is 0.927 bits per heavy atom. The van der Waals surface area contributed by atoms with E-state index in [0.717, 1.165) is 22.3 Å². The summed E-state index contributed by atoms with van der Waals surface area (Å²) in [5.41, 5.74) is 5.72. The van der Waals surface area contributed by atoms with Crippen LogP contribution in [0.3, 0.4) is 0 Å². The minimum Gasteiger partial charge on any atom is -0.478 e. The van der Waals surface area contributed by atoms with Crippen LogP contribution in [-0.4, -0.2) is 59.1 Å². The topological polar surface area (TPSA) is 165 Å². The van der Waals surface area contributed by atoms with Crippen molar-refractivity contribution in [3.63, 3.8) is 0 Å². The normalized spacial score (nSPS) is 19.0. The number of amides is 2. The first-order chi connectivity index (χ1) is 26.5. The van der Waals surface area contributed by atoms with Gasteiger partial charge in [-0.1, -0.05) is 66.7 Å². The molecular formula is C44H33NO10. The minimum absolute atomic E-state index is 0.0650. The first-order valence-corrected chi connectivity index (χ1v) is 17.8. The number of nitrogens with zero attached hydrogens (tertiary/aromatic N) is 1. The van der Waals surface area contributed by atoms with Gasteiger partial charge in [-0.3, -0.25) is 9.59 Å². The molecule has 1 saturated heterocycles. The number of carboxylic acids is 2. The number of aromatic carboxylic acids is 2. The average molecular weight is 736 g/mol. The molecule has 1 fully saturated rings. The maximum Gasteiger partial charge on any atom is 0.338 e. The van der Waals surface area contributed by atoms with E-state index >= 15 is 0 Å². The number of carbonyl (C=O) groups excluding carboxylic acids is 4. The van der Waals surface area contributed by atoms with Gasteiger partial charge in [-0.25, -0.2) is 24.1 Å². The zero-order valence-corrected chi connectivity index (χ0v) is 29.6. The lowest BCUT2D eigenvalue weighted by molar-refractivity contribution is -0.122. The van der Waals surface area contributed by atoms with Crippen molar-refractivity contribution < 1.29 is 48.5 Å². The number of para-hydroxylation sites is 1. The molecule has 1 aliphatic heterocycles. The zero-order valence-electron chi connectivity index (χ0n) is 29.6. The van der Waals surface area contributed by atoms with Crippen LogP contribution in [0.25, 0.3) is 22.3 Å². The van der Waals surface area contributed by atoms with Gasteiger partial charge in [0.25, 0.3) is 0 Å². The standard InChI is InChI=1S/C44H33NO10/c1-3-54-43(52)29-16-12-24(20-33(29)41(48)49)22-10-14-27-31(18-22)35-28-15-11-23(25-13-17-30(44(53)55-4-2)34(21-25)42(50)51)19-32(28)36(27)38-37(35)39(46)45(40(38)47)26-8-6-5-7-9-26/h5-21,35-38H,3-4H2,1-2H3,(H,48,49)(H,50,51)/t35?,36?,37-,38+. The number of hydrogen-bond acceptors (Lipinski definition) is 8. The first kappa shape index (κ1) is 35.2. The van der Waals surface area contributed by atoms with Crippen LogP contribution in [0.15, 0.2) is 103 Å². The SMILES string of the molecule is CCOC(=O)c1ccc(-c2ccc3c(c2)C2c4ccc(-c5ccc(C(=O)OCC)c(C(=O)O)c5)cc4C3[C@@H]3C(=O)N(c4ccccc4)C(=O)[C@H]23)cc1C(=O)O. The van der Waals surface area contributed by atoms with Gasteiger partial charge in [0.15, 0.2) is 0 Å². The van der Waals surface area contributed by atoms with E-state index in [4.69, 9.17) is 9.47 Å². The molecule has 3 aliphatic carbocycles. The van der Waals surface area contributed by atoms with Crippen LogP contribution in [0.5, 0.6) is 0 Å². The van der Waals surface area contributed by atoms with Crippen LogP contribution >= 0.6 is 0 Å². The molecule has 2 unspecified atom stereocenters. The molecular weight excluding hydrogens is 702 g/mol. The molecule has 0 saturated carbocycles. The maximum absolute atomic E-state index is 14.4. The molecule has 5 aromatic rings. The van der Waals surface area contributed by atoms with Crippen molar-refractivity contribution in [1.29, 1.82) is 0 Å². The number of carboxylic acid groups (broad SMARTS) is 2. The highest BCUT2D eigenvalue weighted by molar-refractivity contribution is 6.23. The van der Waals surface area contributed by atoms with E-state index in [0.29, 0.717) is 27.9 Å². The highest BCUT2D eigenvalue weighted by Crippen LogP contribution is 2.62. The van der Waals surface area contributed by atoms with Crippen LogP contribution in [0.1, 0.15) is 89.4 Å². The number of anilines is 1. The van der Waals surface area contributed by atoms with Gasteiger partial charge < -0.3 is 19.7 Å². The van der Waals surface area contributed by atoms with Crippen molar-refractivity contribution in [3.8, 4) is 22.3 Å². The lowest BCUT2D eigenvalue weighted by Gasteiger charge is -2.46. The van der Waals surface area contributed by atoms with Gasteiger partial charge in [0, 0.05) is 11.8 Å². The Kier molecular flexibility index (Phi) is 8.64. The number of benzene rings is 5. The fourth-order valence-corrected chi connectivity index (χ4v) is 8.54. The Morgan fingerprint density at radius 1 is 0.527 bits per heavy atom. The van der Waals surface area contributed by atoms with Gasteiger partial charge in [0.05, 0.1) is 53.0 Å². The smallest absolute Gasteiger partial charge is 0.338 e. The van der Waals surface area contributed by atoms with E-state index in [1.165, 1.54) is 29.2 Å². The van der Waals surface area contributed by atoms with Gasteiger partial charge in [-0.05, 0) is 94.8 Å². The lowest BCUT2D eigenvalue weighted by Crippen LogP contribution is -2.41. The molecule has 2 bridgehead atoms. The molecule has 4 atom stereocenters. The molecule has 1 heterocycles. The Morgan fingerprint density at radius 3 is 1.33 bits per heavy atom. The summed E-state index contributed by atoms with van der Waals surface area (Å²) < 4.78 is 10.1. The summed E-state index contributed by atoms with van der Waals surface area (Å²) in [4.78, 5) is 79.7. The molecule has 2 amide bonds. The molecule has 9 rings (SSSR count). The van der Waals surface area contributed by atoms with Crippen LogP contribution in [-0.2, 0) is 19.1 Å². The van der Waals surface area contributed by atoms with Gasteiger partial charge in [0.1, 0.15) is 0 Å². The van der Waals surface area contributed by atoms with E-state index in [9.17, 15) is 39.0 Å². The highest BCUT2D eigenvalue weighted by atomic mass is 16.5. The van der Waals surface area contributed by atoms with Gasteiger partial charge >= 0.3 is 23.9 Å². The number of imide groups is 1. The van der Waals surface area contributed by atoms with E-state index in [-0.39, 0.29) is 47.3 Å². The molecule has 0 spiro atoms. The van der Waals surface area contributed by atoms with Crippen LogP contribution < -0.4 is 4.90 Å². The summed E-state index contributed by atoms with van der Waals surface area (Å²) in [6, 6.07) is 29.2. The number of rotatable bonds is 9. The summed E-state index contributed by atoms with van der Waals surface area (Å²) in [6.07, 6.45) is 0. The second-order valence-corrected chi connectivity index (χ2v) is 13.6. The first-order valence-electron chi connectivity index (χ1n) is 17.8. The largest absolute Gasteiger partial charge is 0.478 e. The molecule has 0 aromatic heterocycles. The summed E-state index contributed by atoms with van der Waals surface area (Å²) in [5, 5.41) is 20.0. The molecule has 0 radical (unpaired) electrons. The third kappa shape index (κ3) is 5.58. The molecule has 11 heteroatoms. The number of ether oxygens (including phenoxy) is 2. The van der Waals surface area contributed by atoms with Gasteiger partial charge in [-0.2, -0.15) is 0 Å². The second-order valence-electron chi connectivity index (χ2n) is 13.6. The van der Waals surface area contributed by atoms with E-state index < -0.39 is 47.5 Å². The zero-order chi connectivity index (χ0) is 38.7. The number of carbonyl (C=O) groups is 6. The van der Waals surface area contributed by atoms with E-state index in [2.05, 4.69) is 0 Å². The molecule has 2 N–H and O–H groups in total. The van der Waals surface area contributed by atoms with Crippen LogP contribution in [0, 0.1) is 11.8 Å². The summed E-state index contributed by atoms with van der Waals surface area (Å²) in [7, 11) is 0. The predicted molar refractivity (Wildman–Crippen MR) is 199 cm³/mol. The Labute approximate surface area is 314 Å². The predicted octanol–water partition coefficient (Wildman–Crippen LogP) is 7.17.